The molecule has 8 heteroatoms. The molecule has 0 saturated carbocycles. The van der Waals surface area contributed by atoms with Gasteiger partial charge < -0.3 is 9.47 Å². The Morgan fingerprint density at radius 1 is 1.43 bits per heavy atom. The minimum atomic E-state index is -5.07. The number of alkyl halides is 3. The van der Waals surface area contributed by atoms with Crippen molar-refractivity contribution < 1.29 is 31.8 Å². The SMILES string of the molecule is C/C=C/COC1(C(F)(F)F)OC(=O)Nc2ccc(F)cc21. The van der Waals surface area contributed by atoms with Crippen LogP contribution in [0.1, 0.15) is 12.5 Å². The van der Waals surface area contributed by atoms with Crippen molar-refractivity contribution in [2.24, 2.45) is 0 Å². The number of carbonyl (C=O) groups is 1. The summed E-state index contributed by atoms with van der Waals surface area (Å²) in [5, 5.41) is 2.08. The van der Waals surface area contributed by atoms with Gasteiger partial charge in [0.15, 0.2) is 0 Å². The van der Waals surface area contributed by atoms with Crippen molar-refractivity contribution in [1.82, 2.24) is 0 Å². The molecule has 4 nitrogen and oxygen atoms in total. The van der Waals surface area contributed by atoms with E-state index in [-0.39, 0.29) is 5.69 Å². The molecule has 0 aliphatic carbocycles. The molecule has 1 heterocycles. The van der Waals surface area contributed by atoms with Crippen LogP contribution in [-0.2, 0) is 15.3 Å². The van der Waals surface area contributed by atoms with E-state index in [0.29, 0.717) is 6.07 Å². The quantitative estimate of drug-likeness (QED) is 0.684. The van der Waals surface area contributed by atoms with E-state index >= 15 is 0 Å². The van der Waals surface area contributed by atoms with Gasteiger partial charge in [0.1, 0.15) is 5.82 Å². The molecule has 1 aromatic carbocycles. The van der Waals surface area contributed by atoms with E-state index in [1.54, 1.807) is 6.92 Å². The Bertz CT molecular complexity index is 585. The molecule has 0 radical (unpaired) electrons. The smallest absolute Gasteiger partial charge is 0.402 e. The summed E-state index contributed by atoms with van der Waals surface area (Å²) in [6, 6.07) is 2.57. The molecule has 1 unspecified atom stereocenters. The Hall–Kier alpha value is -2.09. The fraction of sp³-hybridized carbons (Fsp3) is 0.308. The highest BCUT2D eigenvalue weighted by molar-refractivity contribution is 5.88. The van der Waals surface area contributed by atoms with E-state index in [2.05, 4.69) is 10.1 Å². The molecule has 114 valence electrons. The van der Waals surface area contributed by atoms with E-state index in [9.17, 15) is 22.4 Å². The summed E-state index contributed by atoms with van der Waals surface area (Å²) in [6.45, 7) is 1.13. The Morgan fingerprint density at radius 3 is 2.76 bits per heavy atom. The van der Waals surface area contributed by atoms with Gasteiger partial charge in [-0.05, 0) is 25.1 Å². The number of amides is 1. The van der Waals surface area contributed by atoms with Crippen LogP contribution in [-0.4, -0.2) is 18.9 Å². The van der Waals surface area contributed by atoms with Gasteiger partial charge >= 0.3 is 18.1 Å². The van der Waals surface area contributed by atoms with Crippen molar-refractivity contribution in [3.63, 3.8) is 0 Å². The monoisotopic (exact) mass is 305 g/mol. The summed E-state index contributed by atoms with van der Waals surface area (Å²) in [7, 11) is 0. The standard InChI is InChI=1S/C13H11F4NO3/c1-2-3-6-20-12(13(15,16)17)9-7-8(14)4-5-10(9)18-11(19)21-12/h2-5,7H,6H2,1H3,(H,18,19)/b3-2+. The number of fused-ring (bicyclic) bond motifs is 1. The normalized spacial score (nSPS) is 21.9. The number of rotatable bonds is 3. The lowest BCUT2D eigenvalue weighted by atomic mass is 10.0. The van der Waals surface area contributed by atoms with Crippen LogP contribution < -0.4 is 5.32 Å². The molecule has 1 N–H and O–H groups in total. The third kappa shape index (κ3) is 2.71. The first-order valence-electron chi connectivity index (χ1n) is 5.92. The summed E-state index contributed by atoms with van der Waals surface area (Å²) in [4.78, 5) is 11.4. The van der Waals surface area contributed by atoms with Crippen molar-refractivity contribution in [2.75, 3.05) is 11.9 Å². The second-order valence-electron chi connectivity index (χ2n) is 4.20. The van der Waals surface area contributed by atoms with Crippen LogP contribution in [0.5, 0.6) is 0 Å². The van der Waals surface area contributed by atoms with Gasteiger partial charge in [-0.3, -0.25) is 5.32 Å². The van der Waals surface area contributed by atoms with Crippen LogP contribution >= 0.6 is 0 Å². The maximum absolute atomic E-state index is 13.4. The van der Waals surface area contributed by atoms with E-state index in [1.807, 2.05) is 0 Å². The molecule has 1 aliphatic heterocycles. The minimum absolute atomic E-state index is 0.217. The number of nitrogens with one attached hydrogen (secondary N) is 1. The maximum Gasteiger partial charge on any atom is 0.460 e. The average molecular weight is 305 g/mol. The molecule has 0 saturated heterocycles. The fourth-order valence-electron chi connectivity index (χ4n) is 1.88. The number of ether oxygens (including phenoxy) is 2. The third-order valence-corrected chi connectivity index (χ3v) is 2.80. The highest BCUT2D eigenvalue weighted by Crippen LogP contribution is 2.48. The van der Waals surface area contributed by atoms with E-state index in [4.69, 9.17) is 4.74 Å². The van der Waals surface area contributed by atoms with E-state index in [1.165, 1.54) is 12.2 Å². The van der Waals surface area contributed by atoms with Gasteiger partial charge in [-0.25, -0.2) is 9.18 Å². The Morgan fingerprint density at radius 2 is 2.14 bits per heavy atom. The zero-order valence-electron chi connectivity index (χ0n) is 10.8. The predicted molar refractivity (Wildman–Crippen MR) is 65.0 cm³/mol. The fourth-order valence-corrected chi connectivity index (χ4v) is 1.88. The summed E-state index contributed by atoms with van der Waals surface area (Å²) >= 11 is 0. The first kappa shape index (κ1) is 15.3. The molecule has 0 bridgehead atoms. The summed E-state index contributed by atoms with van der Waals surface area (Å²) in [6.07, 6.45) is -3.62. The molecule has 0 spiro atoms. The van der Waals surface area contributed by atoms with Gasteiger partial charge in [0.2, 0.25) is 0 Å². The lowest BCUT2D eigenvalue weighted by Crippen LogP contribution is -2.52. The Labute approximate surface area is 117 Å². The molecular formula is C13H11F4NO3. The van der Waals surface area contributed by atoms with Gasteiger partial charge in [-0.2, -0.15) is 13.2 Å². The summed E-state index contributed by atoms with van der Waals surface area (Å²) in [5.41, 5.74) is -0.857. The number of allylic oxidation sites excluding steroid dienone is 1. The van der Waals surface area contributed by atoms with Crippen LogP contribution in [0.4, 0.5) is 28.0 Å². The van der Waals surface area contributed by atoms with Crippen molar-refractivity contribution in [3.8, 4) is 0 Å². The average Bonchev–Trinajstić information content (AvgIpc) is 2.38. The number of anilines is 1. The van der Waals surface area contributed by atoms with Crippen LogP contribution in [0.25, 0.3) is 0 Å². The van der Waals surface area contributed by atoms with Gasteiger partial charge in [0.05, 0.1) is 17.9 Å². The Kier molecular flexibility index (Phi) is 3.91. The lowest BCUT2D eigenvalue weighted by Gasteiger charge is -2.38. The zero-order chi connectivity index (χ0) is 15.7. The van der Waals surface area contributed by atoms with Crippen LogP contribution in [0.2, 0.25) is 0 Å². The molecule has 1 atom stereocenters. The number of cyclic esters (lactones) is 1. The first-order valence-corrected chi connectivity index (χ1v) is 5.92. The maximum atomic E-state index is 13.4. The molecule has 0 fully saturated rings. The molecule has 0 aromatic heterocycles. The number of halogens is 4. The molecular weight excluding hydrogens is 294 g/mol. The molecule has 1 aromatic rings. The zero-order valence-corrected chi connectivity index (χ0v) is 10.8. The van der Waals surface area contributed by atoms with Gasteiger partial charge in [0.25, 0.3) is 0 Å². The second kappa shape index (κ2) is 5.36. The van der Waals surface area contributed by atoms with E-state index < -0.39 is 36.0 Å². The molecule has 21 heavy (non-hydrogen) atoms. The van der Waals surface area contributed by atoms with E-state index in [0.717, 1.165) is 12.1 Å². The van der Waals surface area contributed by atoms with Gasteiger partial charge in [-0.15, -0.1) is 0 Å². The molecule has 1 amide bonds. The lowest BCUT2D eigenvalue weighted by molar-refractivity contribution is -0.368. The highest BCUT2D eigenvalue weighted by atomic mass is 19.4. The third-order valence-electron chi connectivity index (χ3n) is 2.80. The van der Waals surface area contributed by atoms with Crippen LogP contribution in [0.15, 0.2) is 30.4 Å². The van der Waals surface area contributed by atoms with Crippen molar-refractivity contribution in [3.05, 3.63) is 41.7 Å². The van der Waals surface area contributed by atoms with Gasteiger partial charge in [-0.1, -0.05) is 12.2 Å². The second-order valence-corrected chi connectivity index (χ2v) is 4.20. The molecule has 2 rings (SSSR count). The van der Waals surface area contributed by atoms with Gasteiger partial charge in [0, 0.05) is 0 Å². The van der Waals surface area contributed by atoms with Crippen LogP contribution in [0, 0.1) is 5.82 Å². The number of carbonyl (C=O) groups excluding carboxylic acids is 1. The summed E-state index contributed by atoms with van der Waals surface area (Å²) in [5.74, 6) is -4.25. The first-order chi connectivity index (χ1) is 9.80. The number of hydrogen-bond donors (Lipinski definition) is 1. The van der Waals surface area contributed by atoms with Crippen molar-refractivity contribution in [1.29, 1.82) is 0 Å². The van der Waals surface area contributed by atoms with Crippen molar-refractivity contribution >= 4 is 11.8 Å². The largest absolute Gasteiger partial charge is 0.460 e. The van der Waals surface area contributed by atoms with Crippen LogP contribution in [0.3, 0.4) is 0 Å². The predicted octanol–water partition coefficient (Wildman–Crippen LogP) is 3.70. The Balaban J connectivity index is 2.58. The molecule has 1 aliphatic rings. The highest BCUT2D eigenvalue weighted by Gasteiger charge is 2.64. The van der Waals surface area contributed by atoms with Crippen molar-refractivity contribution in [2.45, 2.75) is 18.9 Å². The number of benzene rings is 1. The topological polar surface area (TPSA) is 47.6 Å². The number of hydrogen-bond acceptors (Lipinski definition) is 3. The minimum Gasteiger partial charge on any atom is -0.402 e. The summed E-state index contributed by atoms with van der Waals surface area (Å²) < 4.78 is 62.7.